The molecule has 0 saturated carbocycles. The van der Waals surface area contributed by atoms with Crippen LogP contribution in [0.5, 0.6) is 0 Å². The minimum Gasteiger partial charge on any atom is -0.322 e. The van der Waals surface area contributed by atoms with E-state index in [1.54, 1.807) is 25.3 Å². The molecule has 94 valence electrons. The summed E-state index contributed by atoms with van der Waals surface area (Å²) in [7, 11) is 0. The highest BCUT2D eigenvalue weighted by atomic mass is 32.1. The maximum atomic E-state index is 13.2. The van der Waals surface area contributed by atoms with Crippen molar-refractivity contribution in [2.45, 2.75) is 19.9 Å². The first-order valence-electron chi connectivity index (χ1n) is 5.51. The fourth-order valence-electron chi connectivity index (χ4n) is 1.58. The first-order chi connectivity index (χ1) is 8.49. The highest BCUT2D eigenvalue weighted by molar-refractivity contribution is 7.09. The van der Waals surface area contributed by atoms with Crippen LogP contribution in [0, 0.1) is 12.7 Å². The van der Waals surface area contributed by atoms with E-state index in [9.17, 15) is 9.18 Å². The van der Waals surface area contributed by atoms with Crippen LogP contribution in [0.25, 0.3) is 0 Å². The summed E-state index contributed by atoms with van der Waals surface area (Å²) in [4.78, 5) is 16.4. The van der Waals surface area contributed by atoms with Crippen molar-refractivity contribution in [3.8, 4) is 0 Å². The maximum absolute atomic E-state index is 13.2. The van der Waals surface area contributed by atoms with E-state index in [1.807, 2.05) is 0 Å². The molecule has 5 heteroatoms. The van der Waals surface area contributed by atoms with Crippen LogP contribution in [0.1, 0.15) is 39.6 Å². The lowest BCUT2D eigenvalue weighted by atomic mass is 10.0. The Kier molecular flexibility index (Phi) is 3.54. The molecule has 0 fully saturated rings. The first kappa shape index (κ1) is 12.9. The number of carbonyl (C=O) groups excluding carboxylic acids is 1. The average molecular weight is 264 g/mol. The number of hydrogen-bond donors (Lipinski definition) is 1. The Bertz CT molecular complexity index is 592. The number of nitrogens with two attached hydrogens (primary N) is 1. The molecule has 1 heterocycles. The molecule has 0 saturated heterocycles. The average Bonchev–Trinajstić information content (AvgIpc) is 2.81. The van der Waals surface area contributed by atoms with Gasteiger partial charge in [-0.3, -0.25) is 4.79 Å². The Morgan fingerprint density at radius 3 is 2.83 bits per heavy atom. The van der Waals surface area contributed by atoms with E-state index in [0.717, 1.165) is 5.56 Å². The monoisotopic (exact) mass is 264 g/mol. The van der Waals surface area contributed by atoms with Gasteiger partial charge in [0.15, 0.2) is 0 Å². The summed E-state index contributed by atoms with van der Waals surface area (Å²) in [6.45, 7) is 3.58. The topological polar surface area (TPSA) is 56.0 Å². The van der Waals surface area contributed by atoms with E-state index in [0.29, 0.717) is 16.3 Å². The largest absolute Gasteiger partial charge is 0.322 e. The van der Waals surface area contributed by atoms with Crippen molar-refractivity contribution in [2.75, 3.05) is 0 Å². The van der Waals surface area contributed by atoms with E-state index in [-0.39, 0.29) is 11.8 Å². The number of carbonyl (C=O) groups is 1. The van der Waals surface area contributed by atoms with E-state index < -0.39 is 5.82 Å². The van der Waals surface area contributed by atoms with Gasteiger partial charge in [0.2, 0.25) is 5.78 Å². The van der Waals surface area contributed by atoms with Crippen molar-refractivity contribution < 1.29 is 9.18 Å². The minimum absolute atomic E-state index is 0.204. The second-order valence-electron chi connectivity index (χ2n) is 4.15. The Morgan fingerprint density at radius 2 is 2.22 bits per heavy atom. The molecule has 2 rings (SSSR count). The lowest BCUT2D eigenvalue weighted by molar-refractivity contribution is 0.103. The Balaban J connectivity index is 2.38. The second kappa shape index (κ2) is 4.96. The van der Waals surface area contributed by atoms with Gasteiger partial charge in [-0.2, -0.15) is 0 Å². The number of ketones is 1. The third-order valence-corrected chi connectivity index (χ3v) is 3.63. The number of aromatic nitrogens is 1. The zero-order valence-electron chi connectivity index (χ0n) is 10.1. The number of benzene rings is 1. The quantitative estimate of drug-likeness (QED) is 0.867. The minimum atomic E-state index is -0.424. The number of rotatable bonds is 3. The molecule has 1 unspecified atom stereocenters. The Labute approximate surface area is 108 Å². The number of halogens is 1. The van der Waals surface area contributed by atoms with Crippen molar-refractivity contribution in [3.63, 3.8) is 0 Å². The fourth-order valence-corrected chi connectivity index (χ4v) is 2.34. The van der Waals surface area contributed by atoms with Gasteiger partial charge >= 0.3 is 0 Å². The number of nitrogens with zero attached hydrogens (tertiary/aromatic N) is 1. The maximum Gasteiger partial charge on any atom is 0.212 e. The zero-order valence-corrected chi connectivity index (χ0v) is 10.9. The summed E-state index contributed by atoms with van der Waals surface area (Å²) in [5, 5.41) is 2.36. The molecule has 2 N–H and O–H groups in total. The molecule has 0 aliphatic heterocycles. The van der Waals surface area contributed by atoms with Gasteiger partial charge in [-0.1, -0.05) is 6.07 Å². The van der Waals surface area contributed by atoms with Crippen molar-refractivity contribution in [3.05, 3.63) is 51.2 Å². The Hall–Kier alpha value is -1.59. The lowest BCUT2D eigenvalue weighted by Gasteiger charge is -2.03. The number of aryl methyl sites for hydroxylation is 1. The molecule has 3 nitrogen and oxygen atoms in total. The van der Waals surface area contributed by atoms with Crippen LogP contribution in [0.3, 0.4) is 0 Å². The van der Waals surface area contributed by atoms with Gasteiger partial charge in [0, 0.05) is 10.9 Å². The summed E-state index contributed by atoms with van der Waals surface area (Å²) >= 11 is 1.34. The van der Waals surface area contributed by atoms with Crippen molar-refractivity contribution in [2.24, 2.45) is 5.73 Å². The van der Waals surface area contributed by atoms with Crippen LogP contribution >= 0.6 is 11.3 Å². The van der Waals surface area contributed by atoms with Gasteiger partial charge in [0.05, 0.1) is 6.04 Å². The third-order valence-electron chi connectivity index (χ3n) is 2.59. The lowest BCUT2D eigenvalue weighted by Crippen LogP contribution is -2.08. The number of thiazole rings is 1. The molecule has 0 amide bonds. The third kappa shape index (κ3) is 2.47. The molecule has 1 aromatic heterocycles. The molecule has 1 atom stereocenters. The smallest absolute Gasteiger partial charge is 0.212 e. The molecule has 0 spiro atoms. The van der Waals surface area contributed by atoms with Crippen LogP contribution in [-0.4, -0.2) is 10.8 Å². The first-order valence-corrected chi connectivity index (χ1v) is 6.39. The fraction of sp³-hybridized carbons (Fsp3) is 0.231. The highest BCUT2D eigenvalue weighted by Gasteiger charge is 2.17. The molecular formula is C13H13FN2OS. The highest BCUT2D eigenvalue weighted by Crippen LogP contribution is 2.20. The van der Waals surface area contributed by atoms with Gasteiger partial charge in [-0.05, 0) is 31.5 Å². The zero-order chi connectivity index (χ0) is 13.3. The Morgan fingerprint density at radius 1 is 1.50 bits per heavy atom. The van der Waals surface area contributed by atoms with Crippen molar-refractivity contribution in [1.29, 1.82) is 0 Å². The van der Waals surface area contributed by atoms with Gasteiger partial charge in [-0.15, -0.1) is 11.3 Å². The summed E-state index contributed by atoms with van der Waals surface area (Å²) in [5.41, 5.74) is 7.09. The van der Waals surface area contributed by atoms with Crippen LogP contribution in [0.2, 0.25) is 0 Å². The standard InChI is InChI=1S/C13H13FN2OS/c1-7-3-4-9(14)5-10(7)12(17)11-6-18-13(16-11)8(2)15/h3-6,8H,15H2,1-2H3. The van der Waals surface area contributed by atoms with E-state index in [4.69, 9.17) is 5.73 Å². The van der Waals surface area contributed by atoms with Crippen LogP contribution in [0.15, 0.2) is 23.6 Å². The SMILES string of the molecule is Cc1ccc(F)cc1C(=O)c1csc(C(C)N)n1. The molecule has 0 radical (unpaired) electrons. The molecule has 0 aliphatic carbocycles. The van der Waals surface area contributed by atoms with Crippen LogP contribution in [0.4, 0.5) is 4.39 Å². The molecule has 0 aliphatic rings. The normalized spacial score (nSPS) is 12.4. The molecule has 1 aromatic carbocycles. The van der Waals surface area contributed by atoms with Crippen molar-refractivity contribution in [1.82, 2.24) is 4.98 Å². The summed E-state index contributed by atoms with van der Waals surface area (Å²) in [5.74, 6) is -0.693. The summed E-state index contributed by atoms with van der Waals surface area (Å²) in [6.07, 6.45) is 0. The van der Waals surface area contributed by atoms with Crippen molar-refractivity contribution >= 4 is 17.1 Å². The van der Waals surface area contributed by atoms with Gasteiger partial charge in [0.25, 0.3) is 0 Å². The molecular weight excluding hydrogens is 251 g/mol. The van der Waals surface area contributed by atoms with Crippen LogP contribution < -0.4 is 5.73 Å². The van der Waals surface area contributed by atoms with Gasteiger partial charge in [0.1, 0.15) is 16.5 Å². The van der Waals surface area contributed by atoms with Gasteiger partial charge in [-0.25, -0.2) is 9.37 Å². The van der Waals surface area contributed by atoms with Gasteiger partial charge < -0.3 is 5.73 Å². The predicted molar refractivity (Wildman–Crippen MR) is 69.3 cm³/mol. The molecule has 0 bridgehead atoms. The predicted octanol–water partition coefficient (Wildman–Crippen LogP) is 2.84. The summed E-state index contributed by atoms with van der Waals surface area (Å²) < 4.78 is 13.2. The molecule has 18 heavy (non-hydrogen) atoms. The molecule has 2 aromatic rings. The second-order valence-corrected chi connectivity index (χ2v) is 5.04. The van der Waals surface area contributed by atoms with E-state index >= 15 is 0 Å². The van der Waals surface area contributed by atoms with E-state index in [2.05, 4.69) is 4.98 Å². The summed E-state index contributed by atoms with van der Waals surface area (Å²) in [6, 6.07) is 3.95. The van der Waals surface area contributed by atoms with E-state index in [1.165, 1.54) is 23.5 Å². The number of hydrogen-bond acceptors (Lipinski definition) is 4. The van der Waals surface area contributed by atoms with Crippen LogP contribution in [-0.2, 0) is 0 Å².